The van der Waals surface area contributed by atoms with Gasteiger partial charge in [-0.3, -0.25) is 0 Å². The molecule has 3 heterocycles. The van der Waals surface area contributed by atoms with Crippen molar-refractivity contribution in [3.63, 3.8) is 0 Å². The van der Waals surface area contributed by atoms with E-state index in [1.165, 1.54) is 11.1 Å². The molecule has 4 aromatic carbocycles. The van der Waals surface area contributed by atoms with Gasteiger partial charge in [-0.15, -0.1) is 0 Å². The molecule has 0 radical (unpaired) electrons. The number of fused-ring (bicyclic) bond motifs is 11. The first-order valence-corrected chi connectivity index (χ1v) is 16.0. The van der Waals surface area contributed by atoms with Gasteiger partial charge < -0.3 is 0 Å². The van der Waals surface area contributed by atoms with E-state index >= 15 is 0 Å². The van der Waals surface area contributed by atoms with E-state index in [1.807, 2.05) is 24.4 Å². The summed E-state index contributed by atoms with van der Waals surface area (Å²) < 4.78 is 29.3. The van der Waals surface area contributed by atoms with Gasteiger partial charge in [-0.05, 0) is 0 Å². The standard InChI is InChI=1S/C33H24N2O2Se/c1-20(2)21-16-17-29-28(19-21)35-31-26(13-7-15-30(31)38(29,36)37)33(27-14-8-18-34-32(27)35)24-11-5-3-9-22(24)23-10-4-6-12-25(23)33/h3-20H,1-2H3. The van der Waals surface area contributed by atoms with E-state index in [9.17, 15) is 7.67 Å². The number of anilines is 3. The second-order valence-corrected chi connectivity index (χ2v) is 14.5. The summed E-state index contributed by atoms with van der Waals surface area (Å²) >= 11 is -4.72. The first-order chi connectivity index (χ1) is 18.5. The van der Waals surface area contributed by atoms with E-state index in [0.29, 0.717) is 14.6 Å². The number of rotatable bonds is 1. The van der Waals surface area contributed by atoms with Crippen LogP contribution in [0.4, 0.5) is 17.2 Å². The fraction of sp³-hybridized carbons (Fsp3) is 0.121. The summed E-state index contributed by atoms with van der Waals surface area (Å²) in [6, 6.07) is 32.8. The number of pyridine rings is 1. The Morgan fingerprint density at radius 1 is 0.711 bits per heavy atom. The number of hydrogen-bond acceptors (Lipinski definition) is 4. The van der Waals surface area contributed by atoms with Crippen LogP contribution in [0, 0.1) is 0 Å². The second-order valence-electron chi connectivity index (χ2n) is 10.6. The molecule has 0 atom stereocenters. The molecule has 0 bridgehead atoms. The van der Waals surface area contributed by atoms with Gasteiger partial charge in [0, 0.05) is 0 Å². The molecular formula is C33H24N2O2Se. The number of benzene rings is 4. The summed E-state index contributed by atoms with van der Waals surface area (Å²) in [5.41, 5.74) is 8.61. The maximum atomic E-state index is 14.2. The van der Waals surface area contributed by atoms with Crippen molar-refractivity contribution in [2.24, 2.45) is 0 Å². The van der Waals surface area contributed by atoms with Gasteiger partial charge in [0.05, 0.1) is 0 Å². The summed E-state index contributed by atoms with van der Waals surface area (Å²) in [7, 11) is 0. The van der Waals surface area contributed by atoms with Crippen molar-refractivity contribution in [1.82, 2.24) is 4.98 Å². The zero-order chi connectivity index (χ0) is 25.8. The van der Waals surface area contributed by atoms with E-state index < -0.39 is 18.1 Å². The minimum atomic E-state index is -4.72. The van der Waals surface area contributed by atoms with E-state index in [-0.39, 0.29) is 5.92 Å². The Hall–Kier alpha value is -4.05. The molecule has 0 amide bonds. The van der Waals surface area contributed by atoms with E-state index in [0.717, 1.165) is 39.3 Å². The average molecular weight is 560 g/mol. The van der Waals surface area contributed by atoms with Gasteiger partial charge in [-0.1, -0.05) is 0 Å². The monoisotopic (exact) mass is 560 g/mol. The minimum absolute atomic E-state index is 0.265. The van der Waals surface area contributed by atoms with Gasteiger partial charge in [0.2, 0.25) is 0 Å². The Labute approximate surface area is 223 Å². The molecule has 8 rings (SSSR count). The third-order valence-electron chi connectivity index (χ3n) is 8.45. The van der Waals surface area contributed by atoms with Crippen LogP contribution in [-0.4, -0.2) is 17.7 Å². The molecule has 0 saturated heterocycles. The zero-order valence-corrected chi connectivity index (χ0v) is 22.7. The molecule has 1 aliphatic carbocycles. The summed E-state index contributed by atoms with van der Waals surface area (Å²) in [5, 5.41) is 0. The molecular weight excluding hydrogens is 535 g/mol. The van der Waals surface area contributed by atoms with Gasteiger partial charge >= 0.3 is 224 Å². The number of aromatic nitrogens is 1. The van der Waals surface area contributed by atoms with Gasteiger partial charge in [-0.2, -0.15) is 0 Å². The van der Waals surface area contributed by atoms with Crippen molar-refractivity contribution in [2.75, 3.05) is 4.90 Å². The quantitative estimate of drug-likeness (QED) is 0.229. The molecule has 0 saturated carbocycles. The molecule has 5 aromatic rings. The zero-order valence-electron chi connectivity index (χ0n) is 21.0. The van der Waals surface area contributed by atoms with Crippen molar-refractivity contribution in [1.29, 1.82) is 0 Å². The van der Waals surface area contributed by atoms with Gasteiger partial charge in [-0.25, -0.2) is 0 Å². The summed E-state index contributed by atoms with van der Waals surface area (Å²) in [4.78, 5) is 7.08. The molecule has 38 heavy (non-hydrogen) atoms. The second kappa shape index (κ2) is 7.28. The predicted molar refractivity (Wildman–Crippen MR) is 150 cm³/mol. The summed E-state index contributed by atoms with van der Waals surface area (Å²) in [6.07, 6.45) is 1.81. The molecule has 0 unspecified atom stereocenters. The van der Waals surface area contributed by atoms with Gasteiger partial charge in [0.15, 0.2) is 0 Å². The van der Waals surface area contributed by atoms with Crippen molar-refractivity contribution >= 4 is 38.8 Å². The first-order valence-electron chi connectivity index (χ1n) is 12.9. The van der Waals surface area contributed by atoms with E-state index in [2.05, 4.69) is 85.5 Å². The SMILES string of the molecule is CC(C)c1ccc2c(c1)N1c3ncccc3C3(c4ccccc4-c4ccccc43)c3cccc(c31)[Se]2(=O)=O. The van der Waals surface area contributed by atoms with Crippen LogP contribution in [0.15, 0.2) is 103 Å². The van der Waals surface area contributed by atoms with Crippen LogP contribution in [0.3, 0.4) is 0 Å². The van der Waals surface area contributed by atoms with Gasteiger partial charge in [0.25, 0.3) is 0 Å². The molecule has 0 fully saturated rings. The fourth-order valence-corrected chi connectivity index (χ4v) is 10.3. The van der Waals surface area contributed by atoms with Gasteiger partial charge in [0.1, 0.15) is 0 Å². The number of hydrogen-bond donors (Lipinski definition) is 0. The molecule has 184 valence electrons. The Balaban J connectivity index is 1.59. The molecule has 1 spiro atoms. The Morgan fingerprint density at radius 3 is 2.08 bits per heavy atom. The van der Waals surface area contributed by atoms with E-state index in [1.54, 1.807) is 12.1 Å². The molecule has 4 nitrogen and oxygen atoms in total. The van der Waals surface area contributed by atoms with Crippen LogP contribution >= 0.6 is 0 Å². The van der Waals surface area contributed by atoms with Crippen molar-refractivity contribution in [2.45, 2.75) is 25.2 Å². The third-order valence-corrected chi connectivity index (χ3v) is 12.3. The van der Waals surface area contributed by atoms with Crippen LogP contribution in [0.1, 0.15) is 47.6 Å². The topological polar surface area (TPSA) is 50.3 Å². The van der Waals surface area contributed by atoms with Crippen LogP contribution < -0.4 is 13.8 Å². The number of para-hydroxylation sites is 1. The van der Waals surface area contributed by atoms with Crippen molar-refractivity contribution in [3.8, 4) is 11.1 Å². The molecule has 0 N–H and O–H groups in total. The maximum absolute atomic E-state index is 14.2. The summed E-state index contributed by atoms with van der Waals surface area (Å²) in [5.74, 6) is 1.05. The average Bonchev–Trinajstić information content (AvgIpc) is 3.24. The molecule has 3 aliphatic rings. The molecule has 5 heteroatoms. The van der Waals surface area contributed by atoms with Crippen molar-refractivity contribution < 1.29 is 7.67 Å². The Morgan fingerprint density at radius 2 is 1.37 bits per heavy atom. The third kappa shape index (κ3) is 2.44. The van der Waals surface area contributed by atoms with Crippen molar-refractivity contribution in [3.05, 3.63) is 131 Å². The van der Waals surface area contributed by atoms with Crippen LogP contribution in [0.2, 0.25) is 0 Å². The Kier molecular flexibility index (Phi) is 4.21. The predicted octanol–water partition coefficient (Wildman–Crippen LogP) is 6.08. The van der Waals surface area contributed by atoms with Crippen LogP contribution in [-0.2, 0) is 13.1 Å². The number of nitrogens with zero attached hydrogens (tertiary/aromatic N) is 2. The van der Waals surface area contributed by atoms with Crippen LogP contribution in [0.5, 0.6) is 0 Å². The first kappa shape index (κ1) is 22.0. The van der Waals surface area contributed by atoms with Crippen LogP contribution in [0.25, 0.3) is 11.1 Å². The normalized spacial score (nSPS) is 16.4. The summed E-state index contributed by atoms with van der Waals surface area (Å²) in [6.45, 7) is 4.27. The molecule has 2 aliphatic heterocycles. The molecule has 1 aromatic heterocycles. The van der Waals surface area contributed by atoms with E-state index in [4.69, 9.17) is 4.98 Å². The Bertz CT molecular complexity index is 1900. The fourth-order valence-electron chi connectivity index (χ4n) is 6.86.